The molecule has 0 nitrogen and oxygen atoms in total. The Bertz CT molecular complexity index is 44.8. The number of unbranched alkanes of at least 4 members (excludes halogenated alkanes) is 7. The molecule has 0 bridgehead atoms. The summed E-state index contributed by atoms with van der Waals surface area (Å²) in [5.74, 6) is 0. The van der Waals surface area contributed by atoms with Crippen molar-refractivity contribution < 1.29 is 21.1 Å². The summed E-state index contributed by atoms with van der Waals surface area (Å²) in [6.45, 7) is 6.08. The molecule has 0 radical (unpaired) electrons. The minimum absolute atomic E-state index is 0. The van der Waals surface area contributed by atoms with E-state index in [0.29, 0.717) is 0 Å². The van der Waals surface area contributed by atoms with Gasteiger partial charge in [-0.2, -0.15) is 6.42 Å². The van der Waals surface area contributed by atoms with Crippen LogP contribution in [0.15, 0.2) is 0 Å². The SMILES string of the molecule is [CH2-]CCCCCCCCC.[Pt]. The first-order valence-electron chi connectivity index (χ1n) is 4.71. The summed E-state index contributed by atoms with van der Waals surface area (Å²) in [6.07, 6.45) is 10.9. The second-order valence-corrected chi connectivity index (χ2v) is 2.97. The van der Waals surface area contributed by atoms with Crippen LogP contribution in [0.25, 0.3) is 0 Å². The number of hydrogen-bond donors (Lipinski definition) is 0. The van der Waals surface area contributed by atoms with Crippen LogP contribution in [0.4, 0.5) is 0 Å². The van der Waals surface area contributed by atoms with E-state index in [1.807, 2.05) is 0 Å². The molecule has 11 heavy (non-hydrogen) atoms. The van der Waals surface area contributed by atoms with E-state index < -0.39 is 0 Å². The minimum Gasteiger partial charge on any atom is -0.343 e. The molecule has 0 heterocycles. The molecule has 0 aromatic carbocycles. The first-order chi connectivity index (χ1) is 4.91. The molecule has 0 amide bonds. The Balaban J connectivity index is 0. The van der Waals surface area contributed by atoms with Gasteiger partial charge in [0.15, 0.2) is 0 Å². The van der Waals surface area contributed by atoms with E-state index in [1.165, 1.54) is 44.9 Å². The fraction of sp³-hybridized carbons (Fsp3) is 0.900. The maximum atomic E-state index is 3.82. The van der Waals surface area contributed by atoms with Gasteiger partial charge in [-0.05, 0) is 0 Å². The van der Waals surface area contributed by atoms with Gasteiger partial charge in [0.25, 0.3) is 0 Å². The van der Waals surface area contributed by atoms with Crippen molar-refractivity contribution in [3.63, 3.8) is 0 Å². The molecule has 0 spiro atoms. The van der Waals surface area contributed by atoms with Gasteiger partial charge in [0.1, 0.15) is 0 Å². The zero-order valence-electron chi connectivity index (χ0n) is 7.68. The molecular formula is C10H21Pt-. The summed E-state index contributed by atoms with van der Waals surface area (Å²) < 4.78 is 0. The quantitative estimate of drug-likeness (QED) is 0.488. The average molecular weight is 336 g/mol. The van der Waals surface area contributed by atoms with Crippen molar-refractivity contribution in [2.45, 2.75) is 58.3 Å². The van der Waals surface area contributed by atoms with Crippen molar-refractivity contribution >= 4 is 0 Å². The van der Waals surface area contributed by atoms with Crippen LogP contribution in [0.1, 0.15) is 58.3 Å². The van der Waals surface area contributed by atoms with E-state index in [1.54, 1.807) is 0 Å². The molecule has 0 saturated heterocycles. The van der Waals surface area contributed by atoms with Crippen LogP contribution >= 0.6 is 0 Å². The van der Waals surface area contributed by atoms with E-state index in [2.05, 4.69) is 13.8 Å². The third kappa shape index (κ3) is 13.6. The maximum Gasteiger partial charge on any atom is 0 e. The second kappa shape index (κ2) is 13.3. The molecule has 0 aromatic heterocycles. The van der Waals surface area contributed by atoms with Gasteiger partial charge in [-0.3, -0.25) is 0 Å². The standard InChI is InChI=1S/C10H21.Pt/c1-3-5-7-9-10-8-6-4-2;/h1,3-10H2,2H3;/q-1;. The summed E-state index contributed by atoms with van der Waals surface area (Å²) in [6, 6.07) is 0. The van der Waals surface area contributed by atoms with Gasteiger partial charge in [0.05, 0.1) is 0 Å². The smallest absolute Gasteiger partial charge is 0 e. The van der Waals surface area contributed by atoms with Gasteiger partial charge in [-0.1, -0.05) is 51.9 Å². The Morgan fingerprint density at radius 3 is 1.73 bits per heavy atom. The first kappa shape index (κ1) is 14.2. The van der Waals surface area contributed by atoms with Crippen LogP contribution in [0.2, 0.25) is 0 Å². The fourth-order valence-corrected chi connectivity index (χ4v) is 1.13. The largest absolute Gasteiger partial charge is 0.343 e. The Kier molecular flexibility index (Phi) is 17.2. The van der Waals surface area contributed by atoms with E-state index in [0.717, 1.165) is 6.42 Å². The van der Waals surface area contributed by atoms with Crippen molar-refractivity contribution in [2.75, 3.05) is 0 Å². The normalized spacial score (nSPS) is 9.27. The van der Waals surface area contributed by atoms with Crippen LogP contribution in [-0.4, -0.2) is 0 Å². The molecular weight excluding hydrogens is 315 g/mol. The summed E-state index contributed by atoms with van der Waals surface area (Å²) in [4.78, 5) is 0. The van der Waals surface area contributed by atoms with Gasteiger partial charge in [0.2, 0.25) is 0 Å². The monoisotopic (exact) mass is 336 g/mol. The Morgan fingerprint density at radius 2 is 1.27 bits per heavy atom. The second-order valence-electron chi connectivity index (χ2n) is 2.97. The molecule has 0 atom stereocenters. The molecule has 72 valence electrons. The summed E-state index contributed by atoms with van der Waals surface area (Å²) in [5, 5.41) is 0. The van der Waals surface area contributed by atoms with Crippen molar-refractivity contribution in [2.24, 2.45) is 0 Å². The molecule has 0 fully saturated rings. The van der Waals surface area contributed by atoms with Gasteiger partial charge in [-0.15, -0.1) is 0 Å². The van der Waals surface area contributed by atoms with Crippen LogP contribution in [-0.2, 0) is 21.1 Å². The molecule has 0 N–H and O–H groups in total. The molecule has 1 heteroatoms. The summed E-state index contributed by atoms with van der Waals surface area (Å²) in [5.41, 5.74) is 0. The van der Waals surface area contributed by atoms with E-state index in [4.69, 9.17) is 0 Å². The molecule has 0 aromatic rings. The summed E-state index contributed by atoms with van der Waals surface area (Å²) >= 11 is 0. The minimum atomic E-state index is 0. The Hall–Kier alpha value is 0.688. The van der Waals surface area contributed by atoms with Crippen molar-refractivity contribution in [3.05, 3.63) is 6.92 Å². The molecule has 0 aliphatic carbocycles. The molecule has 0 rings (SSSR count). The zero-order chi connectivity index (χ0) is 7.66. The Morgan fingerprint density at radius 1 is 0.818 bits per heavy atom. The van der Waals surface area contributed by atoms with Crippen LogP contribution in [0.5, 0.6) is 0 Å². The van der Waals surface area contributed by atoms with Gasteiger partial charge < -0.3 is 6.92 Å². The average Bonchev–Trinajstić information content (AvgIpc) is 1.97. The first-order valence-corrected chi connectivity index (χ1v) is 4.71. The van der Waals surface area contributed by atoms with Gasteiger partial charge >= 0.3 is 0 Å². The predicted molar refractivity (Wildman–Crippen MR) is 48.0 cm³/mol. The molecule has 0 aliphatic heterocycles. The van der Waals surface area contributed by atoms with Crippen molar-refractivity contribution in [3.8, 4) is 0 Å². The van der Waals surface area contributed by atoms with Crippen molar-refractivity contribution in [1.29, 1.82) is 0 Å². The third-order valence-corrected chi connectivity index (χ3v) is 1.85. The summed E-state index contributed by atoms with van der Waals surface area (Å²) in [7, 11) is 0. The van der Waals surface area contributed by atoms with E-state index in [9.17, 15) is 0 Å². The van der Waals surface area contributed by atoms with Gasteiger partial charge in [-0.25, -0.2) is 0 Å². The topological polar surface area (TPSA) is 0 Å². The van der Waals surface area contributed by atoms with Crippen LogP contribution < -0.4 is 0 Å². The Labute approximate surface area is 86.4 Å². The molecule has 0 aliphatic rings. The maximum absolute atomic E-state index is 3.82. The number of rotatable bonds is 7. The van der Waals surface area contributed by atoms with Crippen molar-refractivity contribution in [1.82, 2.24) is 0 Å². The molecule has 0 saturated carbocycles. The fourth-order valence-electron chi connectivity index (χ4n) is 1.13. The third-order valence-electron chi connectivity index (χ3n) is 1.85. The predicted octanol–water partition coefficient (Wildman–Crippen LogP) is 3.96. The molecule has 0 unspecified atom stereocenters. The van der Waals surface area contributed by atoms with E-state index >= 15 is 0 Å². The zero-order valence-corrected chi connectivity index (χ0v) is 9.95. The number of hydrogen-bond acceptors (Lipinski definition) is 0. The van der Waals surface area contributed by atoms with Crippen LogP contribution in [0.3, 0.4) is 0 Å². The van der Waals surface area contributed by atoms with E-state index in [-0.39, 0.29) is 21.1 Å². The van der Waals surface area contributed by atoms with Gasteiger partial charge in [0, 0.05) is 21.1 Å². The van der Waals surface area contributed by atoms with Crippen LogP contribution in [0, 0.1) is 6.92 Å².